The maximum absolute atomic E-state index is 12.9. The largest absolute Gasteiger partial charge is 0.486 e. The number of likely N-dealkylation sites (tertiary alicyclic amines) is 1. The van der Waals surface area contributed by atoms with Crippen LogP contribution < -0.4 is 9.47 Å². The number of rotatable bonds is 5. The van der Waals surface area contributed by atoms with Crippen molar-refractivity contribution >= 4 is 5.78 Å². The van der Waals surface area contributed by atoms with Gasteiger partial charge in [-0.05, 0) is 44.9 Å². The highest BCUT2D eigenvalue weighted by Crippen LogP contribution is 2.31. The van der Waals surface area contributed by atoms with Crippen molar-refractivity contribution in [3.05, 3.63) is 47.3 Å². The molecule has 3 heterocycles. The molecule has 4 rings (SSSR count). The minimum absolute atomic E-state index is 0.0914. The standard InChI is InChI=1S/C22H28N2O4/c1-15-11-19(20(26)13-23-9-7-17(25)8-10-23)16(2)24(15)12-18-14-27-21-5-3-4-6-22(21)28-18/h3-6,11,17-18,25H,7-10,12-14H2,1-2H3. The summed E-state index contributed by atoms with van der Waals surface area (Å²) in [6.45, 7) is 7.13. The SMILES string of the molecule is Cc1cc(C(=O)CN2CCC(O)CC2)c(C)n1CC1COc2ccccc2O1. The monoisotopic (exact) mass is 384 g/mol. The molecule has 1 aromatic carbocycles. The first-order valence-electron chi connectivity index (χ1n) is 10.00. The smallest absolute Gasteiger partial charge is 0.178 e. The van der Waals surface area contributed by atoms with Crippen LogP contribution in [0.5, 0.6) is 11.5 Å². The van der Waals surface area contributed by atoms with E-state index in [2.05, 4.69) is 9.47 Å². The van der Waals surface area contributed by atoms with Crippen LogP contribution >= 0.6 is 0 Å². The molecule has 2 aliphatic heterocycles. The zero-order valence-electron chi connectivity index (χ0n) is 16.6. The van der Waals surface area contributed by atoms with Crippen LogP contribution in [-0.2, 0) is 6.54 Å². The molecule has 150 valence electrons. The van der Waals surface area contributed by atoms with E-state index in [1.54, 1.807) is 0 Å². The number of benzene rings is 1. The molecule has 0 saturated carbocycles. The molecule has 2 aliphatic rings. The van der Waals surface area contributed by atoms with Crippen molar-refractivity contribution in [2.45, 2.75) is 45.4 Å². The first kappa shape index (κ1) is 19.0. The van der Waals surface area contributed by atoms with E-state index in [0.29, 0.717) is 19.7 Å². The molecule has 6 nitrogen and oxygen atoms in total. The molecule has 1 saturated heterocycles. The molecule has 1 unspecified atom stereocenters. The van der Waals surface area contributed by atoms with Gasteiger partial charge in [0.2, 0.25) is 0 Å². The Morgan fingerprint density at radius 2 is 1.89 bits per heavy atom. The molecule has 2 aromatic rings. The van der Waals surface area contributed by atoms with Crippen LogP contribution in [0.2, 0.25) is 0 Å². The minimum Gasteiger partial charge on any atom is -0.486 e. The Labute approximate surface area is 165 Å². The second kappa shape index (κ2) is 7.97. The van der Waals surface area contributed by atoms with Crippen molar-refractivity contribution in [2.24, 2.45) is 0 Å². The van der Waals surface area contributed by atoms with Gasteiger partial charge in [-0.3, -0.25) is 9.69 Å². The normalized spacial score (nSPS) is 20.3. The number of aliphatic hydroxyl groups is 1. The van der Waals surface area contributed by atoms with Crippen LogP contribution in [0.1, 0.15) is 34.6 Å². The number of carbonyl (C=O) groups excluding carboxylic acids is 1. The van der Waals surface area contributed by atoms with Crippen molar-refractivity contribution in [1.82, 2.24) is 9.47 Å². The lowest BCUT2D eigenvalue weighted by molar-refractivity contribution is 0.0709. The van der Waals surface area contributed by atoms with Crippen LogP contribution in [0.25, 0.3) is 0 Å². The Balaban J connectivity index is 1.43. The number of aliphatic hydroxyl groups excluding tert-OH is 1. The molecule has 0 amide bonds. The van der Waals surface area contributed by atoms with E-state index < -0.39 is 0 Å². The van der Waals surface area contributed by atoms with Gasteiger partial charge in [-0.1, -0.05) is 12.1 Å². The van der Waals surface area contributed by atoms with Gasteiger partial charge in [-0.25, -0.2) is 0 Å². The zero-order chi connectivity index (χ0) is 19.7. The Morgan fingerprint density at radius 3 is 2.64 bits per heavy atom. The second-order valence-electron chi connectivity index (χ2n) is 7.82. The van der Waals surface area contributed by atoms with Crippen molar-refractivity contribution in [3.8, 4) is 11.5 Å². The first-order chi connectivity index (χ1) is 13.5. The van der Waals surface area contributed by atoms with E-state index in [9.17, 15) is 9.90 Å². The highest BCUT2D eigenvalue weighted by molar-refractivity contribution is 5.99. The van der Waals surface area contributed by atoms with Crippen LogP contribution in [0.4, 0.5) is 0 Å². The van der Waals surface area contributed by atoms with Crippen molar-refractivity contribution in [2.75, 3.05) is 26.2 Å². The number of aromatic nitrogens is 1. The Bertz CT molecular complexity index is 852. The molecule has 1 fully saturated rings. The number of hydrogen-bond acceptors (Lipinski definition) is 5. The van der Waals surface area contributed by atoms with E-state index >= 15 is 0 Å². The second-order valence-corrected chi connectivity index (χ2v) is 7.82. The van der Waals surface area contributed by atoms with Gasteiger partial charge < -0.3 is 19.1 Å². The summed E-state index contributed by atoms with van der Waals surface area (Å²) in [6, 6.07) is 9.68. The third-order valence-corrected chi connectivity index (χ3v) is 5.75. The molecular weight excluding hydrogens is 356 g/mol. The van der Waals surface area contributed by atoms with Gasteiger partial charge >= 0.3 is 0 Å². The van der Waals surface area contributed by atoms with E-state index in [0.717, 1.165) is 54.4 Å². The van der Waals surface area contributed by atoms with E-state index in [-0.39, 0.29) is 18.0 Å². The van der Waals surface area contributed by atoms with Gasteiger partial charge in [0.1, 0.15) is 6.61 Å². The molecule has 1 N–H and O–H groups in total. The predicted octanol–water partition coefficient (Wildman–Crippen LogP) is 2.58. The zero-order valence-corrected chi connectivity index (χ0v) is 16.6. The lowest BCUT2D eigenvalue weighted by Crippen LogP contribution is -2.39. The predicted molar refractivity (Wildman–Crippen MR) is 106 cm³/mol. The van der Waals surface area contributed by atoms with Gasteiger partial charge in [-0.2, -0.15) is 0 Å². The topological polar surface area (TPSA) is 63.9 Å². The minimum atomic E-state index is -0.223. The number of ketones is 1. The van der Waals surface area contributed by atoms with E-state index in [1.807, 2.05) is 44.2 Å². The fourth-order valence-electron chi connectivity index (χ4n) is 4.09. The fourth-order valence-corrected chi connectivity index (χ4v) is 4.09. The van der Waals surface area contributed by atoms with E-state index in [1.165, 1.54) is 0 Å². The first-order valence-corrected chi connectivity index (χ1v) is 10.00. The highest BCUT2D eigenvalue weighted by Gasteiger charge is 2.25. The molecule has 28 heavy (non-hydrogen) atoms. The van der Waals surface area contributed by atoms with Crippen molar-refractivity contribution in [1.29, 1.82) is 0 Å². The number of hydrogen-bond donors (Lipinski definition) is 1. The molecule has 6 heteroatoms. The number of Topliss-reactive ketones (excluding diaryl/α,β-unsaturated/α-hetero) is 1. The summed E-state index contributed by atoms with van der Waals surface area (Å²) in [5.74, 6) is 1.69. The fraction of sp³-hybridized carbons (Fsp3) is 0.500. The lowest BCUT2D eigenvalue weighted by atomic mass is 10.1. The van der Waals surface area contributed by atoms with Crippen LogP contribution in [-0.4, -0.2) is 58.8 Å². The third-order valence-electron chi connectivity index (χ3n) is 5.75. The average molecular weight is 384 g/mol. The summed E-state index contributed by atoms with van der Waals surface area (Å²) in [7, 11) is 0. The molecule has 0 radical (unpaired) electrons. The summed E-state index contributed by atoms with van der Waals surface area (Å²) in [5, 5.41) is 9.64. The molecule has 1 atom stereocenters. The van der Waals surface area contributed by atoms with Crippen LogP contribution in [0.3, 0.4) is 0 Å². The summed E-state index contributed by atoms with van der Waals surface area (Å²) >= 11 is 0. The third kappa shape index (κ3) is 3.93. The molecule has 0 bridgehead atoms. The number of para-hydroxylation sites is 2. The van der Waals surface area contributed by atoms with Gasteiger partial charge in [0, 0.05) is 30.0 Å². The molecular formula is C22H28N2O4. The Hall–Kier alpha value is -2.31. The van der Waals surface area contributed by atoms with Gasteiger partial charge in [-0.15, -0.1) is 0 Å². The van der Waals surface area contributed by atoms with Gasteiger partial charge in [0.05, 0.1) is 19.2 Å². The molecule has 0 aliphatic carbocycles. The van der Waals surface area contributed by atoms with Crippen LogP contribution in [0.15, 0.2) is 30.3 Å². The highest BCUT2D eigenvalue weighted by atomic mass is 16.6. The summed E-state index contributed by atoms with van der Waals surface area (Å²) in [5.41, 5.74) is 2.81. The van der Waals surface area contributed by atoms with Crippen molar-refractivity contribution in [3.63, 3.8) is 0 Å². The summed E-state index contributed by atoms with van der Waals surface area (Å²) in [6.07, 6.45) is 1.17. The van der Waals surface area contributed by atoms with Gasteiger partial charge in [0.25, 0.3) is 0 Å². The molecule has 1 aromatic heterocycles. The summed E-state index contributed by atoms with van der Waals surface area (Å²) in [4.78, 5) is 15.0. The molecule has 0 spiro atoms. The number of ether oxygens (including phenoxy) is 2. The Kier molecular flexibility index (Phi) is 5.42. The quantitative estimate of drug-likeness (QED) is 0.803. The van der Waals surface area contributed by atoms with E-state index in [4.69, 9.17) is 9.47 Å². The lowest BCUT2D eigenvalue weighted by Gasteiger charge is -2.29. The van der Waals surface area contributed by atoms with Gasteiger partial charge in [0.15, 0.2) is 23.4 Å². The number of aryl methyl sites for hydroxylation is 1. The maximum Gasteiger partial charge on any atom is 0.178 e. The number of fused-ring (bicyclic) bond motifs is 1. The number of nitrogens with zero attached hydrogens (tertiary/aromatic N) is 2. The summed E-state index contributed by atoms with van der Waals surface area (Å²) < 4.78 is 14.1. The number of piperidine rings is 1. The average Bonchev–Trinajstić information content (AvgIpc) is 2.98. The Morgan fingerprint density at radius 1 is 1.18 bits per heavy atom. The number of carbonyl (C=O) groups is 1. The van der Waals surface area contributed by atoms with Crippen LogP contribution in [0, 0.1) is 13.8 Å². The van der Waals surface area contributed by atoms with Crippen molar-refractivity contribution < 1.29 is 19.4 Å². The maximum atomic E-state index is 12.9.